The molecule has 0 bridgehead atoms. The zero-order chi connectivity index (χ0) is 22.1. The van der Waals surface area contributed by atoms with Crippen LogP contribution in [-0.2, 0) is 17.8 Å². The lowest BCUT2D eigenvalue weighted by atomic mass is 10.1. The molecule has 31 heavy (non-hydrogen) atoms. The van der Waals surface area contributed by atoms with E-state index in [9.17, 15) is 9.90 Å². The van der Waals surface area contributed by atoms with Crippen LogP contribution >= 0.6 is 0 Å². The van der Waals surface area contributed by atoms with Gasteiger partial charge in [0.05, 0.1) is 19.3 Å². The number of hydrazone groups is 1. The van der Waals surface area contributed by atoms with Gasteiger partial charge in [0.15, 0.2) is 5.69 Å². The van der Waals surface area contributed by atoms with Crippen LogP contribution in [-0.4, -0.2) is 59.8 Å². The van der Waals surface area contributed by atoms with Crippen LogP contribution in [0.25, 0.3) is 4.85 Å². The number of carbonyl (C=O) groups excluding carboxylic acids is 1. The highest BCUT2D eigenvalue weighted by Crippen LogP contribution is 2.22. The van der Waals surface area contributed by atoms with Gasteiger partial charge in [-0.1, -0.05) is 49.7 Å². The highest BCUT2D eigenvalue weighted by Gasteiger charge is 2.19. The van der Waals surface area contributed by atoms with Gasteiger partial charge in [-0.15, -0.1) is 0 Å². The molecule has 0 saturated carbocycles. The zero-order valence-electron chi connectivity index (χ0n) is 17.9. The summed E-state index contributed by atoms with van der Waals surface area (Å²) >= 11 is 0. The number of hydrogen-bond acceptors (Lipinski definition) is 5. The Morgan fingerprint density at radius 2 is 1.87 bits per heavy atom. The molecule has 3 rings (SSSR count). The third kappa shape index (κ3) is 6.64. The molecule has 0 spiro atoms. The molecule has 162 valence electrons. The zero-order valence-corrected chi connectivity index (χ0v) is 17.9. The lowest BCUT2D eigenvalue weighted by Crippen LogP contribution is -2.48. The minimum absolute atomic E-state index is 0.163. The van der Waals surface area contributed by atoms with E-state index in [1.165, 1.54) is 11.8 Å². The smallest absolute Gasteiger partial charge is 0.254 e. The van der Waals surface area contributed by atoms with Crippen molar-refractivity contribution in [2.75, 3.05) is 32.7 Å². The number of nitrogens with zero attached hydrogens (tertiary/aromatic N) is 4. The van der Waals surface area contributed by atoms with E-state index in [0.717, 1.165) is 51.1 Å². The minimum atomic E-state index is -0.163. The maximum Gasteiger partial charge on any atom is 0.254 e. The molecule has 7 nitrogen and oxygen atoms in total. The Kier molecular flexibility index (Phi) is 8.16. The van der Waals surface area contributed by atoms with Crippen LogP contribution in [0.2, 0.25) is 0 Å². The molecule has 2 aromatic carbocycles. The first-order chi connectivity index (χ1) is 15.1. The minimum Gasteiger partial charge on any atom is -0.507 e. The Morgan fingerprint density at radius 3 is 2.55 bits per heavy atom. The largest absolute Gasteiger partial charge is 0.507 e. The number of hydrogen-bond donors (Lipinski definition) is 2. The number of rotatable bonds is 8. The van der Waals surface area contributed by atoms with Gasteiger partial charge in [-0.2, -0.15) is 5.10 Å². The number of phenols is 1. The Balaban J connectivity index is 1.41. The first-order valence-electron chi connectivity index (χ1n) is 10.6. The second-order valence-electron chi connectivity index (χ2n) is 7.73. The van der Waals surface area contributed by atoms with Crippen LogP contribution in [0.3, 0.4) is 0 Å². The van der Waals surface area contributed by atoms with Gasteiger partial charge in [0.25, 0.3) is 5.91 Å². The van der Waals surface area contributed by atoms with E-state index in [0.29, 0.717) is 17.8 Å². The highest BCUT2D eigenvalue weighted by molar-refractivity contribution is 5.86. The predicted octanol–water partition coefficient (Wildman–Crippen LogP) is 3.16. The Morgan fingerprint density at radius 1 is 1.16 bits per heavy atom. The number of piperazine rings is 1. The van der Waals surface area contributed by atoms with Gasteiger partial charge in [0.1, 0.15) is 5.75 Å². The van der Waals surface area contributed by atoms with Crippen molar-refractivity contribution in [2.24, 2.45) is 5.10 Å². The molecule has 1 saturated heterocycles. The van der Waals surface area contributed by atoms with Crippen LogP contribution in [0.5, 0.6) is 5.75 Å². The lowest BCUT2D eigenvalue weighted by Gasteiger charge is -2.34. The molecular weight excluding hydrogens is 390 g/mol. The topological polar surface area (TPSA) is 72.5 Å². The Hall–Kier alpha value is -3.21. The van der Waals surface area contributed by atoms with Crippen LogP contribution in [0.4, 0.5) is 5.69 Å². The van der Waals surface area contributed by atoms with Gasteiger partial charge in [-0.25, -0.2) is 10.3 Å². The van der Waals surface area contributed by atoms with E-state index in [1.807, 2.05) is 36.4 Å². The molecule has 1 amide bonds. The Labute approximate surface area is 183 Å². The van der Waals surface area contributed by atoms with E-state index in [-0.39, 0.29) is 11.7 Å². The van der Waals surface area contributed by atoms with Crippen molar-refractivity contribution >= 4 is 17.8 Å². The van der Waals surface area contributed by atoms with Crippen LogP contribution in [0.15, 0.2) is 47.6 Å². The first kappa shape index (κ1) is 22.5. The fourth-order valence-electron chi connectivity index (χ4n) is 3.64. The molecule has 0 aromatic heterocycles. The second kappa shape index (κ2) is 11.3. The maximum atomic E-state index is 12.2. The second-order valence-corrected chi connectivity index (χ2v) is 7.73. The maximum absolute atomic E-state index is 12.2. The van der Waals surface area contributed by atoms with Gasteiger partial charge in [0, 0.05) is 38.3 Å². The Bertz CT molecular complexity index is 941. The number of amides is 1. The molecule has 0 aliphatic carbocycles. The summed E-state index contributed by atoms with van der Waals surface area (Å²) in [5.41, 5.74) is 5.90. The van der Waals surface area contributed by atoms with Gasteiger partial charge < -0.3 is 5.11 Å². The molecule has 1 heterocycles. The quantitative estimate of drug-likeness (QED) is 0.392. The average Bonchev–Trinajstić information content (AvgIpc) is 2.78. The van der Waals surface area contributed by atoms with Gasteiger partial charge in [0.2, 0.25) is 0 Å². The molecule has 0 unspecified atom stereocenters. The van der Waals surface area contributed by atoms with Crippen LogP contribution in [0.1, 0.15) is 30.0 Å². The van der Waals surface area contributed by atoms with Crippen LogP contribution < -0.4 is 5.43 Å². The molecule has 2 aromatic rings. The summed E-state index contributed by atoms with van der Waals surface area (Å²) in [6, 6.07) is 13.3. The summed E-state index contributed by atoms with van der Waals surface area (Å²) in [5, 5.41) is 14.3. The van der Waals surface area contributed by atoms with Crippen LogP contribution in [0, 0.1) is 6.57 Å². The van der Waals surface area contributed by atoms with E-state index in [2.05, 4.69) is 32.1 Å². The molecule has 1 aliphatic heterocycles. The summed E-state index contributed by atoms with van der Waals surface area (Å²) in [5.74, 6) is 0.0610. The van der Waals surface area contributed by atoms with Gasteiger partial charge in [-0.3, -0.25) is 14.6 Å². The normalized spacial score (nSPS) is 15.1. The van der Waals surface area contributed by atoms with E-state index >= 15 is 0 Å². The highest BCUT2D eigenvalue weighted by atomic mass is 16.3. The molecule has 0 atom stereocenters. The third-order valence-electron chi connectivity index (χ3n) is 5.37. The van der Waals surface area contributed by atoms with E-state index in [1.54, 1.807) is 6.07 Å². The summed E-state index contributed by atoms with van der Waals surface area (Å²) in [6.07, 6.45) is 3.24. The van der Waals surface area contributed by atoms with Crippen molar-refractivity contribution in [3.63, 3.8) is 0 Å². The monoisotopic (exact) mass is 419 g/mol. The number of aryl methyl sites for hydroxylation is 1. The van der Waals surface area contributed by atoms with E-state index in [4.69, 9.17) is 6.57 Å². The third-order valence-corrected chi connectivity index (χ3v) is 5.37. The van der Waals surface area contributed by atoms with E-state index < -0.39 is 0 Å². The van der Waals surface area contributed by atoms with Gasteiger partial charge >= 0.3 is 0 Å². The predicted molar refractivity (Wildman–Crippen MR) is 122 cm³/mol. The molecule has 1 fully saturated rings. The van der Waals surface area contributed by atoms with Crippen molar-refractivity contribution in [1.29, 1.82) is 0 Å². The van der Waals surface area contributed by atoms with Gasteiger partial charge in [-0.05, 0) is 23.6 Å². The lowest BCUT2D eigenvalue weighted by molar-refractivity contribution is -0.122. The summed E-state index contributed by atoms with van der Waals surface area (Å²) in [6.45, 7) is 13.6. The summed E-state index contributed by atoms with van der Waals surface area (Å²) in [4.78, 5) is 20.1. The number of benzene rings is 2. The molecule has 2 N–H and O–H groups in total. The van der Waals surface area contributed by atoms with Crippen molar-refractivity contribution < 1.29 is 9.90 Å². The SMILES string of the molecule is [C-]#[N+]c1ccc(CN2CCN(CC(=O)N/N=C\c3cccc(CCC)c3O)CC2)cc1. The molecule has 7 heteroatoms. The number of aromatic hydroxyl groups is 1. The fourth-order valence-corrected chi connectivity index (χ4v) is 3.64. The number of para-hydroxylation sites is 1. The van der Waals surface area contributed by atoms with Crippen molar-refractivity contribution in [3.8, 4) is 5.75 Å². The number of nitrogens with one attached hydrogen (secondary N) is 1. The summed E-state index contributed by atoms with van der Waals surface area (Å²) < 4.78 is 0. The first-order valence-corrected chi connectivity index (χ1v) is 10.6. The van der Waals surface area contributed by atoms with Crippen molar-refractivity contribution in [1.82, 2.24) is 15.2 Å². The standard InChI is InChI=1S/C24H29N5O2/c1-3-5-20-6-4-7-21(24(20)31)16-26-27-23(30)18-29-14-12-28(13-15-29)17-19-8-10-22(25-2)11-9-19/h4,6-11,16,31H,3,5,12-15,17-18H2,1H3,(H,27,30)/b26-16-. The van der Waals surface area contributed by atoms with Crippen molar-refractivity contribution in [3.05, 3.63) is 70.6 Å². The summed E-state index contributed by atoms with van der Waals surface area (Å²) in [7, 11) is 0. The molecule has 0 radical (unpaired) electrons. The molecule has 1 aliphatic rings. The van der Waals surface area contributed by atoms with Crippen molar-refractivity contribution in [2.45, 2.75) is 26.3 Å². The fraction of sp³-hybridized carbons (Fsp3) is 0.375. The number of phenolic OH excluding ortho intramolecular Hbond substituents is 1. The molecular formula is C24H29N5O2. The average molecular weight is 420 g/mol. The number of carbonyl (C=O) groups is 1.